The second kappa shape index (κ2) is 11.6. The van der Waals surface area contributed by atoms with Gasteiger partial charge in [0, 0.05) is 5.25 Å². The molecule has 1 aliphatic carbocycles. The molecule has 0 spiro atoms. The number of fused-ring (bicyclic) bond motifs is 1. The summed E-state index contributed by atoms with van der Waals surface area (Å²) in [6.07, 6.45) is 1.37. The number of hydrogen-bond acceptors (Lipinski definition) is 2. The van der Waals surface area contributed by atoms with Gasteiger partial charge in [0.05, 0.1) is 0 Å². The topological polar surface area (TPSA) is 17.3 Å². The van der Waals surface area contributed by atoms with Gasteiger partial charge in [-0.3, -0.25) is 0 Å². The zero-order valence-electron chi connectivity index (χ0n) is 18.3. The zero-order chi connectivity index (χ0) is 20.3. The molecule has 4 rings (SSSR count). The fourth-order valence-corrected chi connectivity index (χ4v) is 12.9. The van der Waals surface area contributed by atoms with E-state index >= 15 is 0 Å². The standard InChI is InChI=1S/C21H31N2SSi.CH3.2ClH.Ti/c1-15-14-18-19(17-8-6-5-7-9-17)16(2)24-20(18)21(15)25(3,4)23-12-10-22-11-13-23;;;;/h5-9,15,18,20-21H,10-14H2,1-4H3;1H3;2*1H;/q2*-1;;;+2/p-2. The summed E-state index contributed by atoms with van der Waals surface area (Å²) in [6, 6.07) is 11.2. The molecule has 0 bridgehead atoms. The molecule has 2 heterocycles. The van der Waals surface area contributed by atoms with Crippen molar-refractivity contribution >= 4 is 44.2 Å². The number of rotatable bonds is 3. The first-order chi connectivity index (χ1) is 13.4. The molecule has 2 nitrogen and oxygen atoms in total. The molecule has 1 saturated heterocycles. The van der Waals surface area contributed by atoms with E-state index in [1.165, 1.54) is 25.1 Å². The van der Waals surface area contributed by atoms with Gasteiger partial charge in [-0.2, -0.15) is 0 Å². The van der Waals surface area contributed by atoms with E-state index in [2.05, 4.69) is 78.9 Å². The van der Waals surface area contributed by atoms with Crippen LogP contribution < -0.4 is 0 Å². The van der Waals surface area contributed by atoms with E-state index in [0.29, 0.717) is 0 Å². The van der Waals surface area contributed by atoms with Crippen LogP contribution in [0, 0.1) is 19.3 Å². The third kappa shape index (κ3) is 5.57. The molecule has 0 N–H and O–H groups in total. The normalized spacial score (nSPS) is 29.6. The van der Waals surface area contributed by atoms with Gasteiger partial charge >= 0.3 is 35.6 Å². The predicted octanol–water partition coefficient (Wildman–Crippen LogP) is 7.28. The van der Waals surface area contributed by atoms with Gasteiger partial charge in [-0.25, -0.2) is 0 Å². The molecular formula is C22H34Cl2N2SSiTi-2. The third-order valence-corrected chi connectivity index (χ3v) is 13.2. The van der Waals surface area contributed by atoms with E-state index in [9.17, 15) is 0 Å². The Morgan fingerprint density at radius 1 is 1.14 bits per heavy atom. The van der Waals surface area contributed by atoms with Gasteiger partial charge in [-0.05, 0) is 59.9 Å². The van der Waals surface area contributed by atoms with Crippen LogP contribution in [0.4, 0.5) is 0 Å². The SMILES string of the molecule is CC1=C(c2ccccc2)C2CC(C)C([Si](C)(C)N3CC[N-]CC3)C2S1.[CH3-].[Cl][Ti][Cl]. The number of nitrogens with zero attached hydrogens (tertiary/aromatic N) is 2. The molecule has 3 aliphatic rings. The summed E-state index contributed by atoms with van der Waals surface area (Å²) in [5, 5.41) is 5.38. The maximum atomic E-state index is 4.89. The quantitative estimate of drug-likeness (QED) is 0.317. The molecule has 0 amide bonds. The average molecular weight is 505 g/mol. The van der Waals surface area contributed by atoms with E-state index < -0.39 is 25.3 Å². The number of benzene rings is 1. The van der Waals surface area contributed by atoms with E-state index in [1.807, 2.05) is 0 Å². The maximum absolute atomic E-state index is 4.89. The predicted molar refractivity (Wildman–Crippen MR) is 132 cm³/mol. The Morgan fingerprint density at radius 2 is 1.72 bits per heavy atom. The Bertz CT molecular complexity index is 683. The van der Waals surface area contributed by atoms with Gasteiger partial charge in [0.25, 0.3) is 0 Å². The van der Waals surface area contributed by atoms with E-state index in [-0.39, 0.29) is 7.43 Å². The molecule has 162 valence electrons. The van der Waals surface area contributed by atoms with Gasteiger partial charge < -0.3 is 17.3 Å². The number of allylic oxidation sites excluding steroid dienone is 2. The first-order valence-electron chi connectivity index (χ1n) is 10.2. The van der Waals surface area contributed by atoms with Crippen LogP contribution in [-0.4, -0.2) is 44.2 Å². The van der Waals surface area contributed by atoms with Crippen molar-refractivity contribution in [2.45, 2.75) is 44.2 Å². The minimum absolute atomic E-state index is 0. The molecule has 1 saturated carbocycles. The van der Waals surface area contributed by atoms with Crippen molar-refractivity contribution in [3.63, 3.8) is 0 Å². The third-order valence-electron chi connectivity index (χ3n) is 6.82. The van der Waals surface area contributed by atoms with Crippen LogP contribution in [0.3, 0.4) is 0 Å². The van der Waals surface area contributed by atoms with Crippen molar-refractivity contribution in [2.75, 3.05) is 26.2 Å². The molecule has 0 aromatic heterocycles. The monoisotopic (exact) mass is 504 g/mol. The van der Waals surface area contributed by atoms with E-state index in [1.54, 1.807) is 10.5 Å². The number of hydrogen-bond donors (Lipinski definition) is 0. The van der Waals surface area contributed by atoms with Crippen LogP contribution >= 0.6 is 30.4 Å². The Hall–Kier alpha value is 0.741. The number of halogens is 2. The van der Waals surface area contributed by atoms with Crippen molar-refractivity contribution in [3.8, 4) is 0 Å². The molecule has 7 heteroatoms. The Morgan fingerprint density at radius 3 is 2.31 bits per heavy atom. The summed E-state index contributed by atoms with van der Waals surface area (Å²) in [5.74, 6) is 1.60. The molecule has 1 aromatic rings. The van der Waals surface area contributed by atoms with Crippen molar-refractivity contribution in [1.82, 2.24) is 4.57 Å². The van der Waals surface area contributed by atoms with Crippen LogP contribution in [0.15, 0.2) is 35.2 Å². The summed E-state index contributed by atoms with van der Waals surface area (Å²) in [7, 11) is 8.33. The summed E-state index contributed by atoms with van der Waals surface area (Å²) in [4.78, 5) is 1.58. The molecule has 1 aromatic carbocycles. The van der Waals surface area contributed by atoms with Crippen molar-refractivity contribution in [3.05, 3.63) is 53.5 Å². The molecule has 2 aliphatic heterocycles. The van der Waals surface area contributed by atoms with Crippen molar-refractivity contribution in [2.24, 2.45) is 11.8 Å². The summed E-state index contributed by atoms with van der Waals surface area (Å²) < 4.78 is 2.86. The first-order valence-corrected chi connectivity index (χ1v) is 18.4. The summed E-state index contributed by atoms with van der Waals surface area (Å²) in [5.41, 5.74) is 4.00. The van der Waals surface area contributed by atoms with Crippen LogP contribution in [0.25, 0.3) is 10.9 Å². The summed E-state index contributed by atoms with van der Waals surface area (Å²) in [6.45, 7) is 14.7. The van der Waals surface area contributed by atoms with Gasteiger partial charge in [0.2, 0.25) is 0 Å². The van der Waals surface area contributed by atoms with E-state index in [0.717, 1.165) is 35.7 Å². The molecule has 4 atom stereocenters. The molecule has 2 fully saturated rings. The fraction of sp³-hybridized carbons (Fsp3) is 0.591. The Labute approximate surface area is 200 Å². The van der Waals surface area contributed by atoms with Crippen LogP contribution in [0.1, 0.15) is 25.8 Å². The number of thioether (sulfide) groups is 1. The molecular weight excluding hydrogens is 471 g/mol. The Kier molecular flexibility index (Phi) is 10.4. The average Bonchev–Trinajstić information content (AvgIpc) is 3.16. The minimum atomic E-state index is -1.45. The van der Waals surface area contributed by atoms with E-state index in [4.69, 9.17) is 18.6 Å². The molecule has 0 radical (unpaired) electrons. The van der Waals surface area contributed by atoms with Gasteiger partial charge in [0.15, 0.2) is 0 Å². The second-order valence-electron chi connectivity index (χ2n) is 8.65. The fourth-order valence-electron chi connectivity index (χ4n) is 5.75. The van der Waals surface area contributed by atoms with Crippen molar-refractivity contribution < 1.29 is 17.0 Å². The van der Waals surface area contributed by atoms with Crippen LogP contribution in [0.2, 0.25) is 18.6 Å². The first kappa shape index (κ1) is 26.0. The molecule has 4 unspecified atom stereocenters. The zero-order valence-corrected chi connectivity index (χ0v) is 23.2. The summed E-state index contributed by atoms with van der Waals surface area (Å²) >= 11 is 1.65. The van der Waals surface area contributed by atoms with Gasteiger partial charge in [-0.15, -0.1) is 24.9 Å². The van der Waals surface area contributed by atoms with Crippen LogP contribution in [0.5, 0.6) is 0 Å². The van der Waals surface area contributed by atoms with Crippen LogP contribution in [-0.2, 0) is 17.0 Å². The molecule has 29 heavy (non-hydrogen) atoms. The van der Waals surface area contributed by atoms with Crippen molar-refractivity contribution in [1.29, 1.82) is 0 Å². The van der Waals surface area contributed by atoms with Gasteiger partial charge in [-0.1, -0.05) is 50.3 Å². The van der Waals surface area contributed by atoms with Gasteiger partial charge in [0.1, 0.15) is 8.24 Å². The second-order valence-corrected chi connectivity index (χ2v) is 17.2. The number of piperazine rings is 1. The Balaban J connectivity index is 0.000000708.